The molecule has 0 fully saturated rings. The van der Waals surface area contributed by atoms with Crippen molar-refractivity contribution in [2.75, 3.05) is 18.8 Å². The number of benzene rings is 1. The molecule has 5 nitrogen and oxygen atoms in total. The molecule has 18 heavy (non-hydrogen) atoms. The molecule has 1 aromatic rings. The largest absolute Gasteiger partial charge is 0.398 e. The van der Waals surface area contributed by atoms with Crippen molar-refractivity contribution in [3.05, 3.63) is 23.2 Å². The van der Waals surface area contributed by atoms with Gasteiger partial charge in [-0.25, -0.2) is 8.42 Å². The zero-order valence-corrected chi connectivity index (χ0v) is 11.5. The molecule has 0 aliphatic carbocycles. The molecule has 1 aromatic carbocycles. The predicted molar refractivity (Wildman–Crippen MR) is 70.5 cm³/mol. The molecule has 7 heteroatoms. The second kappa shape index (κ2) is 6.05. The highest BCUT2D eigenvalue weighted by Gasteiger charge is 2.25. The predicted octanol–water partition coefficient (Wildman–Crippen LogP) is 1.85. The Bertz CT molecular complexity index is 566. The van der Waals surface area contributed by atoms with Gasteiger partial charge in [0.15, 0.2) is 0 Å². The lowest BCUT2D eigenvalue weighted by atomic mass is 10.3. The van der Waals surface area contributed by atoms with Crippen molar-refractivity contribution in [3.8, 4) is 6.07 Å². The van der Waals surface area contributed by atoms with Crippen molar-refractivity contribution in [1.29, 1.82) is 5.26 Å². The van der Waals surface area contributed by atoms with Crippen LogP contribution in [-0.2, 0) is 10.0 Å². The van der Waals surface area contributed by atoms with Crippen molar-refractivity contribution in [2.24, 2.45) is 0 Å². The fourth-order valence-electron chi connectivity index (χ4n) is 1.49. The highest BCUT2D eigenvalue weighted by Crippen LogP contribution is 2.25. The van der Waals surface area contributed by atoms with E-state index in [0.717, 1.165) is 0 Å². The molecule has 0 spiro atoms. The van der Waals surface area contributed by atoms with Gasteiger partial charge in [-0.05, 0) is 18.2 Å². The van der Waals surface area contributed by atoms with Crippen LogP contribution in [0.1, 0.15) is 13.3 Å². The SMILES string of the molecule is CCN(CCC#N)S(=O)(=O)c1cc(Cl)ccc1N. The number of nitriles is 1. The molecule has 2 N–H and O–H groups in total. The summed E-state index contributed by atoms with van der Waals surface area (Å²) in [7, 11) is -3.70. The van der Waals surface area contributed by atoms with Crippen LogP contribution >= 0.6 is 11.6 Å². The second-order valence-electron chi connectivity index (χ2n) is 3.59. The number of nitrogens with two attached hydrogens (primary N) is 1. The standard InChI is InChI=1S/C11H14ClN3O2S/c1-2-15(7-3-6-13)18(16,17)11-8-9(12)4-5-10(11)14/h4-5,8H,2-3,7,14H2,1H3. The van der Waals surface area contributed by atoms with Gasteiger partial charge in [0.1, 0.15) is 4.90 Å². The number of hydrogen-bond acceptors (Lipinski definition) is 4. The van der Waals surface area contributed by atoms with Gasteiger partial charge in [0.2, 0.25) is 10.0 Å². The summed E-state index contributed by atoms with van der Waals surface area (Å²) in [4.78, 5) is -0.0187. The van der Waals surface area contributed by atoms with Crippen LogP contribution < -0.4 is 5.73 Å². The first-order chi connectivity index (χ1) is 8.43. The van der Waals surface area contributed by atoms with Gasteiger partial charge in [0.25, 0.3) is 0 Å². The molecule has 0 aromatic heterocycles. The fraction of sp³-hybridized carbons (Fsp3) is 0.364. The summed E-state index contributed by atoms with van der Waals surface area (Å²) in [5, 5.41) is 8.83. The molecule has 0 bridgehead atoms. The van der Waals surface area contributed by atoms with Gasteiger partial charge in [-0.2, -0.15) is 9.57 Å². The van der Waals surface area contributed by atoms with Crippen LogP contribution in [0.5, 0.6) is 0 Å². The van der Waals surface area contributed by atoms with E-state index in [-0.39, 0.29) is 30.1 Å². The Morgan fingerprint density at radius 3 is 2.72 bits per heavy atom. The zero-order valence-electron chi connectivity index (χ0n) is 9.93. The number of hydrogen-bond donors (Lipinski definition) is 1. The highest BCUT2D eigenvalue weighted by molar-refractivity contribution is 7.89. The van der Waals surface area contributed by atoms with E-state index in [1.807, 2.05) is 6.07 Å². The minimum Gasteiger partial charge on any atom is -0.398 e. The average molecular weight is 288 g/mol. The second-order valence-corrected chi connectivity index (χ2v) is 5.93. The maximum Gasteiger partial charge on any atom is 0.245 e. The minimum atomic E-state index is -3.70. The summed E-state index contributed by atoms with van der Waals surface area (Å²) in [6, 6.07) is 6.22. The van der Waals surface area contributed by atoms with Crippen molar-refractivity contribution in [3.63, 3.8) is 0 Å². The summed E-state index contributed by atoms with van der Waals surface area (Å²) in [5.74, 6) is 0. The maximum atomic E-state index is 12.3. The molecule has 0 saturated heterocycles. The molecule has 0 atom stereocenters. The van der Waals surface area contributed by atoms with Crippen LogP contribution in [0.2, 0.25) is 5.02 Å². The third-order valence-corrected chi connectivity index (χ3v) is 4.68. The van der Waals surface area contributed by atoms with Crippen LogP contribution in [-0.4, -0.2) is 25.8 Å². The first-order valence-corrected chi connectivity index (χ1v) is 7.17. The Morgan fingerprint density at radius 2 is 2.17 bits per heavy atom. The van der Waals surface area contributed by atoms with Crippen molar-refractivity contribution in [2.45, 2.75) is 18.2 Å². The minimum absolute atomic E-state index is 0.0187. The van der Waals surface area contributed by atoms with E-state index in [0.29, 0.717) is 5.02 Å². The summed E-state index contributed by atoms with van der Waals surface area (Å²) in [6.45, 7) is 2.12. The van der Waals surface area contributed by atoms with E-state index < -0.39 is 10.0 Å². The highest BCUT2D eigenvalue weighted by atomic mass is 35.5. The van der Waals surface area contributed by atoms with Crippen molar-refractivity contribution < 1.29 is 8.42 Å². The number of sulfonamides is 1. The molecule has 0 aliphatic rings. The Morgan fingerprint density at radius 1 is 1.50 bits per heavy atom. The van der Waals surface area contributed by atoms with E-state index in [9.17, 15) is 8.42 Å². The summed E-state index contributed by atoms with van der Waals surface area (Å²) in [6.07, 6.45) is 0.132. The fourth-order valence-corrected chi connectivity index (χ4v) is 3.32. The normalized spacial score (nSPS) is 11.4. The number of halogens is 1. The third-order valence-electron chi connectivity index (χ3n) is 2.42. The van der Waals surface area contributed by atoms with Crippen LogP contribution in [0.25, 0.3) is 0 Å². The number of nitrogen functional groups attached to an aromatic ring is 1. The number of anilines is 1. The quantitative estimate of drug-likeness (QED) is 0.837. The zero-order chi connectivity index (χ0) is 13.8. The molecule has 0 radical (unpaired) electrons. The van der Waals surface area contributed by atoms with Gasteiger partial charge in [0, 0.05) is 24.5 Å². The topological polar surface area (TPSA) is 87.2 Å². The smallest absolute Gasteiger partial charge is 0.245 e. The van der Waals surface area contributed by atoms with Crippen LogP contribution in [0, 0.1) is 11.3 Å². The number of rotatable bonds is 5. The summed E-state index contributed by atoms with van der Waals surface area (Å²) in [5.41, 5.74) is 5.82. The van der Waals surface area contributed by atoms with E-state index in [2.05, 4.69) is 0 Å². The molecule has 0 saturated carbocycles. The Kier molecular flexibility index (Phi) is 4.96. The molecule has 98 valence electrons. The molecular weight excluding hydrogens is 274 g/mol. The van der Waals surface area contributed by atoms with Gasteiger partial charge in [-0.15, -0.1) is 0 Å². The molecule has 0 heterocycles. The molecule has 0 amide bonds. The lowest BCUT2D eigenvalue weighted by Crippen LogP contribution is -2.32. The Balaban J connectivity index is 3.19. The summed E-state index contributed by atoms with van der Waals surface area (Å²) < 4.78 is 25.8. The van der Waals surface area contributed by atoms with Crippen molar-refractivity contribution in [1.82, 2.24) is 4.31 Å². The van der Waals surface area contributed by atoms with Crippen LogP contribution in [0.15, 0.2) is 23.1 Å². The van der Waals surface area contributed by atoms with Gasteiger partial charge < -0.3 is 5.73 Å². The van der Waals surface area contributed by atoms with Crippen LogP contribution in [0.4, 0.5) is 5.69 Å². The van der Waals surface area contributed by atoms with Crippen molar-refractivity contribution >= 4 is 27.3 Å². The molecule has 1 rings (SSSR count). The first-order valence-electron chi connectivity index (χ1n) is 5.35. The first kappa shape index (κ1) is 14.8. The molecular formula is C11H14ClN3O2S. The van der Waals surface area contributed by atoms with E-state index in [1.165, 1.54) is 22.5 Å². The summed E-state index contributed by atoms with van der Waals surface area (Å²) >= 11 is 5.78. The van der Waals surface area contributed by atoms with Gasteiger partial charge in [-0.3, -0.25) is 0 Å². The maximum absolute atomic E-state index is 12.3. The van der Waals surface area contributed by atoms with E-state index in [1.54, 1.807) is 6.92 Å². The molecule has 0 aliphatic heterocycles. The lowest BCUT2D eigenvalue weighted by Gasteiger charge is -2.20. The van der Waals surface area contributed by atoms with Gasteiger partial charge in [0.05, 0.1) is 11.8 Å². The van der Waals surface area contributed by atoms with E-state index >= 15 is 0 Å². The van der Waals surface area contributed by atoms with E-state index in [4.69, 9.17) is 22.6 Å². The average Bonchev–Trinajstić information content (AvgIpc) is 2.33. The molecule has 0 unspecified atom stereocenters. The van der Waals surface area contributed by atoms with Crippen LogP contribution in [0.3, 0.4) is 0 Å². The monoisotopic (exact) mass is 287 g/mol. The Hall–Kier alpha value is -1.29. The Labute approximate surface area is 112 Å². The van der Waals surface area contributed by atoms with Gasteiger partial charge >= 0.3 is 0 Å². The van der Waals surface area contributed by atoms with Gasteiger partial charge in [-0.1, -0.05) is 18.5 Å². The number of nitrogens with zero attached hydrogens (tertiary/aromatic N) is 2. The lowest BCUT2D eigenvalue weighted by molar-refractivity contribution is 0.435. The third kappa shape index (κ3) is 3.13.